The van der Waals surface area contributed by atoms with Crippen molar-refractivity contribution in [1.29, 1.82) is 0 Å². The second-order valence-electron chi connectivity index (χ2n) is 3.37. The standard InChI is InChI=1S/C10H16N2/c1-7(2)10-5-4-9(12-11)6-8(10)3/h4-7,12H,11H2,1-3H3. The highest BCUT2D eigenvalue weighted by molar-refractivity contribution is 5.48. The van der Waals surface area contributed by atoms with Gasteiger partial charge in [-0.1, -0.05) is 19.9 Å². The molecule has 3 N–H and O–H groups in total. The zero-order chi connectivity index (χ0) is 9.14. The number of hydrazine groups is 1. The lowest BCUT2D eigenvalue weighted by molar-refractivity contribution is 0.857. The molecule has 0 saturated heterocycles. The molecule has 0 heterocycles. The largest absolute Gasteiger partial charge is 0.324 e. The first-order valence-electron chi connectivity index (χ1n) is 4.22. The van der Waals surface area contributed by atoms with Crippen LogP contribution in [-0.4, -0.2) is 0 Å². The molecule has 0 radical (unpaired) electrons. The van der Waals surface area contributed by atoms with Crippen molar-refractivity contribution in [3.63, 3.8) is 0 Å². The average molecular weight is 164 g/mol. The third kappa shape index (κ3) is 1.77. The van der Waals surface area contributed by atoms with Gasteiger partial charge in [-0.05, 0) is 36.1 Å². The molecule has 2 heteroatoms. The molecule has 0 atom stereocenters. The monoisotopic (exact) mass is 164 g/mol. The number of anilines is 1. The van der Waals surface area contributed by atoms with Crippen LogP contribution in [0.1, 0.15) is 30.9 Å². The van der Waals surface area contributed by atoms with Gasteiger partial charge in [-0.25, -0.2) is 0 Å². The number of aryl methyl sites for hydroxylation is 1. The quantitative estimate of drug-likeness (QED) is 0.520. The van der Waals surface area contributed by atoms with Crippen LogP contribution < -0.4 is 11.3 Å². The van der Waals surface area contributed by atoms with E-state index in [0.717, 1.165) is 5.69 Å². The Kier molecular flexibility index (Phi) is 2.71. The van der Waals surface area contributed by atoms with Crippen LogP contribution in [0.15, 0.2) is 18.2 Å². The molecule has 0 bridgehead atoms. The van der Waals surface area contributed by atoms with Crippen molar-refractivity contribution in [1.82, 2.24) is 0 Å². The number of nitrogens with two attached hydrogens (primary N) is 1. The van der Waals surface area contributed by atoms with Crippen molar-refractivity contribution < 1.29 is 0 Å². The summed E-state index contributed by atoms with van der Waals surface area (Å²) >= 11 is 0. The van der Waals surface area contributed by atoms with E-state index in [1.54, 1.807) is 0 Å². The Hall–Kier alpha value is -1.02. The van der Waals surface area contributed by atoms with E-state index in [-0.39, 0.29) is 0 Å². The Bertz CT molecular complexity index is 267. The molecule has 0 aliphatic rings. The minimum absolute atomic E-state index is 0.580. The van der Waals surface area contributed by atoms with Crippen LogP contribution in [0.3, 0.4) is 0 Å². The fourth-order valence-electron chi connectivity index (χ4n) is 1.41. The van der Waals surface area contributed by atoms with Gasteiger partial charge in [-0.3, -0.25) is 5.84 Å². The predicted octanol–water partition coefficient (Wildman–Crippen LogP) is 2.40. The van der Waals surface area contributed by atoms with Crippen LogP contribution in [-0.2, 0) is 0 Å². The van der Waals surface area contributed by atoms with Crippen LogP contribution in [0.5, 0.6) is 0 Å². The Morgan fingerprint density at radius 1 is 1.33 bits per heavy atom. The summed E-state index contributed by atoms with van der Waals surface area (Å²) in [5.74, 6) is 5.88. The van der Waals surface area contributed by atoms with E-state index in [9.17, 15) is 0 Å². The van der Waals surface area contributed by atoms with Gasteiger partial charge in [0.2, 0.25) is 0 Å². The fourth-order valence-corrected chi connectivity index (χ4v) is 1.41. The van der Waals surface area contributed by atoms with Crippen molar-refractivity contribution in [2.24, 2.45) is 5.84 Å². The van der Waals surface area contributed by atoms with Gasteiger partial charge in [-0.2, -0.15) is 0 Å². The minimum atomic E-state index is 0.580. The van der Waals surface area contributed by atoms with Crippen molar-refractivity contribution >= 4 is 5.69 Å². The summed E-state index contributed by atoms with van der Waals surface area (Å²) in [4.78, 5) is 0. The third-order valence-corrected chi connectivity index (χ3v) is 2.06. The summed E-state index contributed by atoms with van der Waals surface area (Å²) in [6, 6.07) is 6.19. The van der Waals surface area contributed by atoms with Gasteiger partial charge in [-0.15, -0.1) is 0 Å². The molecule has 0 saturated carbocycles. The van der Waals surface area contributed by atoms with Gasteiger partial charge in [0.1, 0.15) is 0 Å². The molecule has 2 nitrogen and oxygen atoms in total. The summed E-state index contributed by atoms with van der Waals surface area (Å²) in [5.41, 5.74) is 6.28. The fraction of sp³-hybridized carbons (Fsp3) is 0.400. The van der Waals surface area contributed by atoms with E-state index in [4.69, 9.17) is 5.84 Å². The van der Waals surface area contributed by atoms with Crippen molar-refractivity contribution in [2.45, 2.75) is 26.7 Å². The Balaban J connectivity index is 3.03. The Morgan fingerprint density at radius 3 is 2.42 bits per heavy atom. The predicted molar refractivity (Wildman–Crippen MR) is 53.1 cm³/mol. The highest BCUT2D eigenvalue weighted by atomic mass is 15.2. The summed E-state index contributed by atoms with van der Waals surface area (Å²) in [7, 11) is 0. The molecular formula is C10H16N2. The van der Waals surface area contributed by atoms with Gasteiger partial charge in [0.15, 0.2) is 0 Å². The summed E-state index contributed by atoms with van der Waals surface area (Å²) in [6.07, 6.45) is 0. The maximum absolute atomic E-state index is 5.29. The molecule has 0 unspecified atom stereocenters. The zero-order valence-electron chi connectivity index (χ0n) is 7.89. The first kappa shape index (κ1) is 9.07. The number of nitrogen functional groups attached to an aromatic ring is 1. The summed E-state index contributed by atoms with van der Waals surface area (Å²) in [5, 5.41) is 0. The molecule has 0 spiro atoms. The van der Waals surface area contributed by atoms with E-state index >= 15 is 0 Å². The number of nitrogens with one attached hydrogen (secondary N) is 1. The van der Waals surface area contributed by atoms with E-state index in [0.29, 0.717) is 5.92 Å². The van der Waals surface area contributed by atoms with E-state index < -0.39 is 0 Å². The smallest absolute Gasteiger partial charge is 0.0487 e. The zero-order valence-corrected chi connectivity index (χ0v) is 7.89. The van der Waals surface area contributed by atoms with Crippen molar-refractivity contribution in [3.05, 3.63) is 29.3 Å². The van der Waals surface area contributed by atoms with Crippen LogP contribution in [0.25, 0.3) is 0 Å². The van der Waals surface area contributed by atoms with E-state index in [1.807, 2.05) is 6.07 Å². The molecule has 0 aliphatic carbocycles. The molecule has 0 fully saturated rings. The first-order valence-corrected chi connectivity index (χ1v) is 4.22. The molecule has 0 amide bonds. The lowest BCUT2D eigenvalue weighted by atomic mass is 9.98. The molecule has 1 aromatic rings. The highest BCUT2D eigenvalue weighted by Crippen LogP contribution is 2.21. The van der Waals surface area contributed by atoms with Crippen molar-refractivity contribution in [2.75, 3.05) is 5.43 Å². The molecule has 1 rings (SSSR count). The molecule has 12 heavy (non-hydrogen) atoms. The normalized spacial score (nSPS) is 10.4. The SMILES string of the molecule is Cc1cc(NN)ccc1C(C)C. The number of rotatable bonds is 2. The van der Waals surface area contributed by atoms with Crippen molar-refractivity contribution in [3.8, 4) is 0 Å². The van der Waals surface area contributed by atoms with Crippen LogP contribution in [0, 0.1) is 6.92 Å². The number of benzene rings is 1. The minimum Gasteiger partial charge on any atom is -0.324 e. The van der Waals surface area contributed by atoms with Crippen LogP contribution >= 0.6 is 0 Å². The van der Waals surface area contributed by atoms with Gasteiger partial charge in [0.05, 0.1) is 0 Å². The number of hydrogen-bond donors (Lipinski definition) is 2. The lowest BCUT2D eigenvalue weighted by Gasteiger charge is -2.10. The highest BCUT2D eigenvalue weighted by Gasteiger charge is 2.02. The summed E-state index contributed by atoms with van der Waals surface area (Å²) < 4.78 is 0. The molecule has 0 aliphatic heterocycles. The van der Waals surface area contributed by atoms with Gasteiger partial charge < -0.3 is 5.43 Å². The lowest BCUT2D eigenvalue weighted by Crippen LogP contribution is -2.07. The molecular weight excluding hydrogens is 148 g/mol. The second-order valence-corrected chi connectivity index (χ2v) is 3.37. The van der Waals surface area contributed by atoms with Gasteiger partial charge in [0, 0.05) is 5.69 Å². The van der Waals surface area contributed by atoms with Gasteiger partial charge in [0.25, 0.3) is 0 Å². The van der Waals surface area contributed by atoms with Gasteiger partial charge >= 0.3 is 0 Å². The molecule has 1 aromatic carbocycles. The summed E-state index contributed by atoms with van der Waals surface area (Å²) in [6.45, 7) is 6.49. The Morgan fingerprint density at radius 2 is 2.00 bits per heavy atom. The average Bonchev–Trinajstić information content (AvgIpc) is 2.03. The molecule has 0 aromatic heterocycles. The second kappa shape index (κ2) is 3.59. The number of hydrogen-bond acceptors (Lipinski definition) is 2. The maximum Gasteiger partial charge on any atom is 0.0487 e. The topological polar surface area (TPSA) is 38.0 Å². The third-order valence-electron chi connectivity index (χ3n) is 2.06. The van der Waals surface area contributed by atoms with E-state index in [1.165, 1.54) is 11.1 Å². The Labute approximate surface area is 73.8 Å². The maximum atomic E-state index is 5.29. The van der Waals surface area contributed by atoms with Crippen LogP contribution in [0.4, 0.5) is 5.69 Å². The van der Waals surface area contributed by atoms with E-state index in [2.05, 4.69) is 38.3 Å². The molecule has 66 valence electrons. The van der Waals surface area contributed by atoms with Crippen LogP contribution in [0.2, 0.25) is 0 Å². The first-order chi connectivity index (χ1) is 5.65.